The second-order valence-corrected chi connectivity index (χ2v) is 15.4. The number of aromatic nitrogens is 2. The highest BCUT2D eigenvalue weighted by Crippen LogP contribution is 2.58. The Balaban J connectivity index is 0.00000172. The Morgan fingerprint density at radius 1 is 0.642 bits per heavy atom. The van der Waals surface area contributed by atoms with Gasteiger partial charge in [0.1, 0.15) is 5.82 Å². The van der Waals surface area contributed by atoms with Crippen molar-refractivity contribution in [3.05, 3.63) is 184 Å². The molecule has 0 N–H and O–H groups in total. The molecule has 0 spiro atoms. The lowest BCUT2D eigenvalue weighted by Gasteiger charge is -2.51. The zero-order chi connectivity index (χ0) is 36.2. The number of allylic oxidation sites excluding steroid dienone is 6. The van der Waals surface area contributed by atoms with Crippen LogP contribution in [0.15, 0.2) is 156 Å². The molecule has 4 aliphatic rings. The molecule has 4 unspecified atom stereocenters. The van der Waals surface area contributed by atoms with E-state index in [2.05, 4.69) is 172 Å². The lowest BCUT2D eigenvalue weighted by Crippen LogP contribution is -2.50. The average molecular weight is 685 g/mol. The molecule has 6 aromatic carbocycles. The minimum absolute atomic E-state index is 0.151. The van der Waals surface area contributed by atoms with Gasteiger partial charge in [0.25, 0.3) is 0 Å². The highest BCUT2D eigenvalue weighted by Gasteiger charge is 2.52. The number of hydrogen-bond donors (Lipinski definition) is 0. The van der Waals surface area contributed by atoms with E-state index >= 15 is 0 Å². The van der Waals surface area contributed by atoms with Crippen LogP contribution in [0.1, 0.15) is 51.6 Å². The van der Waals surface area contributed by atoms with Gasteiger partial charge in [-0.2, -0.15) is 0 Å². The van der Waals surface area contributed by atoms with Crippen LogP contribution in [0.4, 0.5) is 0 Å². The fraction of sp³-hybridized carbons (Fsp3) is 0.196. The molecule has 0 bridgehead atoms. The van der Waals surface area contributed by atoms with Gasteiger partial charge in [0, 0.05) is 11.5 Å². The first-order valence-corrected chi connectivity index (χ1v) is 19.4. The molecule has 0 radical (unpaired) electrons. The molecule has 3 aliphatic carbocycles. The lowest BCUT2D eigenvalue weighted by atomic mass is 9.58. The maximum absolute atomic E-state index is 5.42. The summed E-state index contributed by atoms with van der Waals surface area (Å²) in [6, 6.07) is 45.4. The quantitative estimate of drug-likeness (QED) is 0.166. The van der Waals surface area contributed by atoms with Gasteiger partial charge in [0.05, 0.1) is 16.6 Å². The number of nitrogens with zero attached hydrogens (tertiary/aromatic N) is 2. The van der Waals surface area contributed by atoms with Crippen LogP contribution in [-0.2, 0) is 5.54 Å². The maximum atomic E-state index is 5.42. The normalized spacial score (nSPS) is 22.3. The first kappa shape index (κ1) is 32.0. The summed E-state index contributed by atoms with van der Waals surface area (Å²) >= 11 is 0. The van der Waals surface area contributed by atoms with Gasteiger partial charge in [-0.1, -0.05) is 148 Å². The van der Waals surface area contributed by atoms with E-state index in [0.717, 1.165) is 11.3 Å². The summed E-state index contributed by atoms with van der Waals surface area (Å²) in [6.07, 6.45) is 7.51. The summed E-state index contributed by atoms with van der Waals surface area (Å²) in [7, 11) is 0. The molecule has 0 saturated heterocycles. The van der Waals surface area contributed by atoms with Gasteiger partial charge in [-0.15, -0.1) is 0 Å². The highest BCUT2D eigenvalue weighted by atomic mass is 15.2. The zero-order valence-corrected chi connectivity index (χ0v) is 31.4. The van der Waals surface area contributed by atoms with Crippen LogP contribution >= 0.6 is 0 Å². The molecular formula is C51H44N2. The smallest absolute Gasteiger partial charge is 0.139 e. The number of benzene rings is 6. The molecule has 0 saturated carbocycles. The predicted molar refractivity (Wildman–Crippen MR) is 223 cm³/mol. The van der Waals surface area contributed by atoms with Gasteiger partial charge in [0.2, 0.25) is 0 Å². The SMILES string of the molecule is CC.Cc1ccc2cc(-c3ccc4cc(C5=c6ccccc6=C6c7nc8ccccc8n7C7(C)C=CC(C)C8=C7C6C5=CC8C)ccc4c3)ccc2c1. The van der Waals surface area contributed by atoms with E-state index < -0.39 is 0 Å². The van der Waals surface area contributed by atoms with Gasteiger partial charge in [-0.3, -0.25) is 0 Å². The van der Waals surface area contributed by atoms with Gasteiger partial charge in [-0.05, 0) is 121 Å². The lowest BCUT2D eigenvalue weighted by molar-refractivity contribution is 0.406. The van der Waals surface area contributed by atoms with Gasteiger partial charge in [0.15, 0.2) is 0 Å². The monoisotopic (exact) mass is 684 g/mol. The van der Waals surface area contributed by atoms with Crippen LogP contribution in [-0.4, -0.2) is 9.55 Å². The Morgan fingerprint density at radius 3 is 1.98 bits per heavy atom. The van der Waals surface area contributed by atoms with Crippen LogP contribution in [0.2, 0.25) is 0 Å². The van der Waals surface area contributed by atoms with Gasteiger partial charge in [-0.25, -0.2) is 4.98 Å². The minimum Gasteiger partial charge on any atom is -0.311 e. The van der Waals surface area contributed by atoms with Crippen LogP contribution in [0, 0.1) is 24.7 Å². The van der Waals surface area contributed by atoms with E-state index in [-0.39, 0.29) is 11.5 Å². The molecule has 2 nitrogen and oxygen atoms in total. The van der Waals surface area contributed by atoms with Crippen molar-refractivity contribution >= 4 is 43.7 Å². The van der Waals surface area contributed by atoms with Crippen LogP contribution in [0.5, 0.6) is 0 Å². The standard InChI is InChI=1S/C49H38N2.C2H6/c1-28-13-14-32-25-33(16-15-31(32)23-28)34-17-18-36-27-37(20-19-35(36)26-34)44-38-9-5-6-10-39(38)46-45-40(44)24-30(3)43-29(2)21-22-49(4,47(43)45)51-42-12-8-7-11-41(42)50-48(46)51;1-2/h5-27,29-30,45H,1-4H3;1-2H3. The third-order valence-electron chi connectivity index (χ3n) is 12.4. The molecule has 4 atom stereocenters. The number of aryl methyl sites for hydroxylation is 1. The zero-order valence-electron chi connectivity index (χ0n) is 31.4. The molecule has 7 aromatic rings. The molecule has 258 valence electrons. The fourth-order valence-electron chi connectivity index (χ4n) is 10.1. The predicted octanol–water partition coefficient (Wildman–Crippen LogP) is 11.2. The van der Waals surface area contributed by atoms with E-state index in [0.29, 0.717) is 11.8 Å². The number of fused-ring (bicyclic) bond motifs is 8. The van der Waals surface area contributed by atoms with Crippen molar-refractivity contribution in [2.24, 2.45) is 17.8 Å². The minimum atomic E-state index is -0.298. The fourth-order valence-corrected chi connectivity index (χ4v) is 10.1. The Morgan fingerprint density at radius 2 is 1.25 bits per heavy atom. The van der Waals surface area contributed by atoms with Crippen molar-refractivity contribution in [1.29, 1.82) is 0 Å². The summed E-state index contributed by atoms with van der Waals surface area (Å²) in [5, 5.41) is 7.70. The second-order valence-electron chi connectivity index (χ2n) is 15.4. The van der Waals surface area contributed by atoms with Gasteiger partial charge >= 0.3 is 0 Å². The first-order valence-electron chi connectivity index (χ1n) is 19.4. The van der Waals surface area contributed by atoms with Crippen LogP contribution < -0.4 is 10.4 Å². The third-order valence-corrected chi connectivity index (χ3v) is 12.4. The molecule has 1 aliphatic heterocycles. The van der Waals surface area contributed by atoms with E-state index in [1.807, 2.05) is 13.8 Å². The van der Waals surface area contributed by atoms with E-state index in [1.165, 1.54) is 76.5 Å². The van der Waals surface area contributed by atoms with E-state index in [9.17, 15) is 0 Å². The van der Waals surface area contributed by atoms with Crippen molar-refractivity contribution in [2.45, 2.75) is 47.1 Å². The molecule has 2 heteroatoms. The molecule has 11 rings (SSSR count). The van der Waals surface area contributed by atoms with Gasteiger partial charge < -0.3 is 4.57 Å². The molecule has 1 aromatic heterocycles. The van der Waals surface area contributed by atoms with E-state index in [4.69, 9.17) is 4.98 Å². The third kappa shape index (κ3) is 4.48. The Kier molecular flexibility index (Phi) is 7.02. The summed E-state index contributed by atoms with van der Waals surface area (Å²) in [4.78, 5) is 5.42. The second kappa shape index (κ2) is 11.6. The van der Waals surface area contributed by atoms with E-state index in [1.54, 1.807) is 11.1 Å². The summed E-state index contributed by atoms with van der Waals surface area (Å²) in [5.41, 5.74) is 14.3. The largest absolute Gasteiger partial charge is 0.311 e. The highest BCUT2D eigenvalue weighted by molar-refractivity contribution is 5.97. The summed E-state index contributed by atoms with van der Waals surface area (Å²) < 4.78 is 2.55. The molecule has 53 heavy (non-hydrogen) atoms. The molecule has 0 fully saturated rings. The number of para-hydroxylation sites is 2. The topological polar surface area (TPSA) is 17.8 Å². The van der Waals surface area contributed by atoms with Crippen molar-refractivity contribution in [2.75, 3.05) is 0 Å². The summed E-state index contributed by atoms with van der Waals surface area (Å²) in [5.74, 6) is 1.98. The number of rotatable bonds is 2. The van der Waals surface area contributed by atoms with Crippen LogP contribution in [0.3, 0.4) is 0 Å². The molecule has 2 heterocycles. The Hall–Kier alpha value is -5.73. The maximum Gasteiger partial charge on any atom is 0.139 e. The molecule has 0 amide bonds. The average Bonchev–Trinajstić information content (AvgIpc) is 3.59. The van der Waals surface area contributed by atoms with Crippen LogP contribution in [0.25, 0.3) is 54.9 Å². The number of imidazole rings is 1. The Bertz CT molecular complexity index is 2930. The van der Waals surface area contributed by atoms with Crippen molar-refractivity contribution in [3.8, 4) is 11.1 Å². The van der Waals surface area contributed by atoms with Crippen molar-refractivity contribution < 1.29 is 0 Å². The summed E-state index contributed by atoms with van der Waals surface area (Å²) in [6.45, 7) is 13.4. The molecular weight excluding hydrogens is 641 g/mol. The number of hydrogen-bond acceptors (Lipinski definition) is 1. The Labute approximate surface area is 311 Å². The van der Waals surface area contributed by atoms with Crippen molar-refractivity contribution in [3.63, 3.8) is 0 Å². The first-order chi connectivity index (χ1) is 25.9. The van der Waals surface area contributed by atoms with Crippen molar-refractivity contribution in [1.82, 2.24) is 9.55 Å².